The molecule has 0 aromatic heterocycles. The van der Waals surface area contributed by atoms with Crippen molar-refractivity contribution in [3.8, 4) is 5.75 Å². The first kappa shape index (κ1) is 20.9. The van der Waals surface area contributed by atoms with E-state index in [0.29, 0.717) is 56.6 Å². The molecule has 1 unspecified atom stereocenters. The second-order valence-electron chi connectivity index (χ2n) is 10.2. The Balaban J connectivity index is 1.44. The number of nitrogens with zero attached hydrogens (tertiary/aromatic N) is 2. The molecule has 0 radical (unpaired) electrons. The first-order valence-electron chi connectivity index (χ1n) is 10.9. The van der Waals surface area contributed by atoms with Crippen LogP contribution < -0.4 is 4.74 Å². The van der Waals surface area contributed by atoms with Crippen LogP contribution in [0.5, 0.6) is 5.75 Å². The van der Waals surface area contributed by atoms with E-state index < -0.39 is 5.60 Å². The number of rotatable bonds is 1. The number of carbonyl (C=O) groups excluding carboxylic acids is 3. The second-order valence-corrected chi connectivity index (χ2v) is 10.2. The highest BCUT2D eigenvalue weighted by Crippen LogP contribution is 2.41. The van der Waals surface area contributed by atoms with Crippen LogP contribution in [0, 0.1) is 19.8 Å². The molecule has 162 valence electrons. The first-order chi connectivity index (χ1) is 14.0. The smallest absolute Gasteiger partial charge is 0.227 e. The van der Waals surface area contributed by atoms with Crippen LogP contribution in [0.3, 0.4) is 0 Å². The minimum Gasteiger partial charge on any atom is -0.486 e. The number of ketones is 1. The van der Waals surface area contributed by atoms with Gasteiger partial charge in [0.1, 0.15) is 11.4 Å². The second kappa shape index (κ2) is 7.10. The van der Waals surface area contributed by atoms with Crippen LogP contribution in [-0.2, 0) is 9.59 Å². The highest BCUT2D eigenvalue weighted by molar-refractivity contribution is 6.01. The van der Waals surface area contributed by atoms with E-state index in [1.807, 2.05) is 56.6 Å². The minimum atomic E-state index is -0.524. The minimum absolute atomic E-state index is 0.0536. The van der Waals surface area contributed by atoms with Crippen LogP contribution in [0.25, 0.3) is 0 Å². The van der Waals surface area contributed by atoms with E-state index in [9.17, 15) is 14.4 Å². The topological polar surface area (TPSA) is 66.9 Å². The number of ether oxygens (including phenoxy) is 1. The third kappa shape index (κ3) is 3.61. The highest BCUT2D eigenvalue weighted by Gasteiger charge is 2.46. The monoisotopic (exact) mass is 412 g/mol. The van der Waals surface area contributed by atoms with Gasteiger partial charge in [0.25, 0.3) is 0 Å². The van der Waals surface area contributed by atoms with Crippen LogP contribution >= 0.6 is 0 Å². The molecule has 3 aliphatic rings. The average Bonchev–Trinajstić information content (AvgIpc) is 3.03. The van der Waals surface area contributed by atoms with Gasteiger partial charge in [-0.05, 0) is 51.8 Å². The lowest BCUT2D eigenvalue weighted by molar-refractivity contribution is -0.139. The van der Waals surface area contributed by atoms with E-state index in [4.69, 9.17) is 4.74 Å². The molecule has 0 saturated carbocycles. The van der Waals surface area contributed by atoms with Gasteiger partial charge < -0.3 is 14.5 Å². The molecule has 3 heterocycles. The summed E-state index contributed by atoms with van der Waals surface area (Å²) in [5, 5.41) is 0. The van der Waals surface area contributed by atoms with Crippen molar-refractivity contribution in [2.24, 2.45) is 5.92 Å². The van der Waals surface area contributed by atoms with Gasteiger partial charge in [-0.2, -0.15) is 0 Å². The summed E-state index contributed by atoms with van der Waals surface area (Å²) in [6.45, 7) is 11.6. The number of piperidine rings is 1. The number of amides is 2. The van der Waals surface area contributed by atoms with Gasteiger partial charge in [0.15, 0.2) is 5.78 Å². The molecule has 2 saturated heterocycles. The largest absolute Gasteiger partial charge is 0.486 e. The van der Waals surface area contributed by atoms with Crippen molar-refractivity contribution in [2.45, 2.75) is 71.4 Å². The summed E-state index contributed by atoms with van der Waals surface area (Å²) in [6.07, 6.45) is 1.94. The van der Waals surface area contributed by atoms with Crippen LogP contribution in [0.1, 0.15) is 67.9 Å². The molecule has 2 fully saturated rings. The van der Waals surface area contributed by atoms with Crippen molar-refractivity contribution in [3.63, 3.8) is 0 Å². The summed E-state index contributed by atoms with van der Waals surface area (Å²) < 4.78 is 6.40. The summed E-state index contributed by atoms with van der Waals surface area (Å²) in [5.41, 5.74) is 1.96. The number of Topliss-reactive ketones (excluding diaryl/α,β-unsaturated/α-hetero) is 1. The van der Waals surface area contributed by atoms with Crippen molar-refractivity contribution in [1.82, 2.24) is 9.80 Å². The molecule has 1 aromatic carbocycles. The van der Waals surface area contributed by atoms with Crippen molar-refractivity contribution >= 4 is 17.6 Å². The lowest BCUT2D eigenvalue weighted by Gasteiger charge is -2.44. The van der Waals surface area contributed by atoms with E-state index >= 15 is 0 Å². The standard InChI is InChI=1S/C24H32N2O4/c1-15-10-16(2)21-18(27)13-24(30-19(21)11-15)6-8-25(9-7-24)22(29)17-12-20(28)26(14-17)23(3,4)5/h10-11,17H,6-9,12-14H2,1-5H3. The van der Waals surface area contributed by atoms with Crippen LogP contribution in [-0.4, -0.2) is 58.2 Å². The Morgan fingerprint density at radius 3 is 2.40 bits per heavy atom. The molecule has 1 atom stereocenters. The Morgan fingerprint density at radius 2 is 1.80 bits per heavy atom. The van der Waals surface area contributed by atoms with Gasteiger partial charge in [-0.15, -0.1) is 0 Å². The SMILES string of the molecule is Cc1cc(C)c2c(c1)OC1(CCN(C(=O)C3CC(=O)N(C(C)(C)C)C3)CC1)CC2=O. The zero-order valence-electron chi connectivity index (χ0n) is 18.7. The van der Waals surface area contributed by atoms with Gasteiger partial charge in [0.05, 0.1) is 17.9 Å². The molecule has 0 aliphatic carbocycles. The van der Waals surface area contributed by atoms with E-state index in [1.54, 1.807) is 0 Å². The normalized spacial score (nSPS) is 23.6. The lowest BCUT2D eigenvalue weighted by Crippen LogP contribution is -2.53. The quantitative estimate of drug-likeness (QED) is 0.710. The highest BCUT2D eigenvalue weighted by atomic mass is 16.5. The summed E-state index contributed by atoms with van der Waals surface area (Å²) >= 11 is 0. The van der Waals surface area contributed by atoms with Crippen molar-refractivity contribution < 1.29 is 19.1 Å². The fraction of sp³-hybridized carbons (Fsp3) is 0.625. The van der Waals surface area contributed by atoms with Gasteiger partial charge in [0, 0.05) is 44.4 Å². The molecular formula is C24H32N2O4. The zero-order chi connectivity index (χ0) is 21.8. The third-order valence-corrected chi connectivity index (χ3v) is 6.80. The Labute approximate surface area is 178 Å². The molecule has 1 spiro atoms. The Kier molecular flexibility index (Phi) is 4.94. The molecule has 3 aliphatic heterocycles. The molecule has 0 N–H and O–H groups in total. The number of hydrogen-bond donors (Lipinski definition) is 0. The van der Waals surface area contributed by atoms with Gasteiger partial charge >= 0.3 is 0 Å². The van der Waals surface area contributed by atoms with Gasteiger partial charge in [-0.1, -0.05) is 6.07 Å². The van der Waals surface area contributed by atoms with Crippen LogP contribution in [0.15, 0.2) is 12.1 Å². The van der Waals surface area contributed by atoms with Crippen molar-refractivity contribution in [1.29, 1.82) is 0 Å². The van der Waals surface area contributed by atoms with E-state index in [0.717, 1.165) is 11.1 Å². The maximum absolute atomic E-state index is 13.1. The van der Waals surface area contributed by atoms with Gasteiger partial charge in [0.2, 0.25) is 11.8 Å². The number of fused-ring (bicyclic) bond motifs is 1. The molecule has 0 bridgehead atoms. The number of benzene rings is 1. The zero-order valence-corrected chi connectivity index (χ0v) is 18.7. The third-order valence-electron chi connectivity index (χ3n) is 6.80. The maximum Gasteiger partial charge on any atom is 0.227 e. The molecule has 6 heteroatoms. The van der Waals surface area contributed by atoms with E-state index in [-0.39, 0.29) is 29.1 Å². The van der Waals surface area contributed by atoms with Gasteiger partial charge in [-0.3, -0.25) is 14.4 Å². The molecular weight excluding hydrogens is 380 g/mol. The summed E-state index contributed by atoms with van der Waals surface area (Å²) in [4.78, 5) is 42.0. The van der Waals surface area contributed by atoms with Crippen molar-refractivity contribution in [3.05, 3.63) is 28.8 Å². The van der Waals surface area contributed by atoms with E-state index in [1.165, 1.54) is 0 Å². The predicted molar refractivity (Wildman–Crippen MR) is 114 cm³/mol. The first-order valence-corrected chi connectivity index (χ1v) is 10.9. The van der Waals surface area contributed by atoms with Gasteiger partial charge in [-0.25, -0.2) is 0 Å². The number of hydrogen-bond acceptors (Lipinski definition) is 4. The average molecular weight is 413 g/mol. The molecule has 30 heavy (non-hydrogen) atoms. The molecule has 1 aromatic rings. The number of aryl methyl sites for hydroxylation is 2. The number of carbonyl (C=O) groups is 3. The Hall–Kier alpha value is -2.37. The molecule has 2 amide bonds. The summed E-state index contributed by atoms with van der Waals surface area (Å²) in [5.74, 6) is 0.657. The van der Waals surface area contributed by atoms with Crippen LogP contribution in [0.4, 0.5) is 0 Å². The van der Waals surface area contributed by atoms with Crippen molar-refractivity contribution in [2.75, 3.05) is 19.6 Å². The Bertz CT molecular complexity index is 907. The lowest BCUT2D eigenvalue weighted by atomic mass is 9.81. The Morgan fingerprint density at radius 1 is 1.13 bits per heavy atom. The maximum atomic E-state index is 13.1. The molecule has 4 rings (SSSR count). The fourth-order valence-corrected chi connectivity index (χ4v) is 5.21. The number of likely N-dealkylation sites (tertiary alicyclic amines) is 2. The summed E-state index contributed by atoms with van der Waals surface area (Å²) in [7, 11) is 0. The summed E-state index contributed by atoms with van der Waals surface area (Å²) in [6, 6.07) is 3.97. The predicted octanol–water partition coefficient (Wildman–Crippen LogP) is 3.28. The van der Waals surface area contributed by atoms with Crippen LogP contribution in [0.2, 0.25) is 0 Å². The fourth-order valence-electron chi connectivity index (χ4n) is 5.21. The van der Waals surface area contributed by atoms with E-state index in [2.05, 4.69) is 0 Å². The molecule has 6 nitrogen and oxygen atoms in total.